The first-order valence-corrected chi connectivity index (χ1v) is 14.3. The summed E-state index contributed by atoms with van der Waals surface area (Å²) in [4.78, 5) is 17.8. The minimum atomic E-state index is -4.40. The van der Waals surface area contributed by atoms with Crippen molar-refractivity contribution >= 4 is 27.8 Å². The molecule has 0 spiro atoms. The standard InChI is InChI=1S/C31H30F5N7O/c1-16(2)9-24-28(29(37)44)27(21-14-40-43(30(21)41-24)20-7-8-38-26(12-20)31(34,35)36)18-4-6-25-19(11-18)13-39-42(25)15-17-3-5-22(32)23(33)10-17/h3-6,10-11,13-14,16,20,26,38H,7-9,12,15H2,1-2H3,(H2,37,44)/t20-,26+/m0/s1. The Kier molecular flexibility index (Phi) is 7.60. The molecule has 1 fully saturated rings. The van der Waals surface area contributed by atoms with Gasteiger partial charge in [0, 0.05) is 16.3 Å². The highest BCUT2D eigenvalue weighted by molar-refractivity contribution is 6.09. The van der Waals surface area contributed by atoms with Crippen molar-refractivity contribution in [3.05, 3.63) is 77.2 Å². The fraction of sp³-hybridized carbons (Fsp3) is 0.355. The lowest BCUT2D eigenvalue weighted by Crippen LogP contribution is -2.48. The molecule has 2 atom stereocenters. The highest BCUT2D eigenvalue weighted by atomic mass is 19.4. The van der Waals surface area contributed by atoms with E-state index in [1.54, 1.807) is 21.6 Å². The largest absolute Gasteiger partial charge is 0.403 e. The molecule has 1 amide bonds. The summed E-state index contributed by atoms with van der Waals surface area (Å²) in [7, 11) is 0. The van der Waals surface area contributed by atoms with Crippen LogP contribution >= 0.6 is 0 Å². The van der Waals surface area contributed by atoms with E-state index < -0.39 is 35.8 Å². The second-order valence-electron chi connectivity index (χ2n) is 11.6. The summed E-state index contributed by atoms with van der Waals surface area (Å²) in [5.41, 5.74) is 9.41. The van der Waals surface area contributed by atoms with E-state index in [-0.39, 0.29) is 31.0 Å². The summed E-state index contributed by atoms with van der Waals surface area (Å²) >= 11 is 0. The van der Waals surface area contributed by atoms with Crippen LogP contribution < -0.4 is 11.1 Å². The average molecular weight is 612 g/mol. The van der Waals surface area contributed by atoms with Crippen LogP contribution in [0, 0.1) is 17.6 Å². The van der Waals surface area contributed by atoms with Gasteiger partial charge in [-0.05, 0) is 67.1 Å². The number of benzene rings is 2. The van der Waals surface area contributed by atoms with E-state index in [2.05, 4.69) is 15.5 Å². The summed E-state index contributed by atoms with van der Waals surface area (Å²) < 4.78 is 71.2. The quantitative estimate of drug-likeness (QED) is 0.222. The molecule has 1 aliphatic heterocycles. The van der Waals surface area contributed by atoms with Crippen LogP contribution in [0.15, 0.2) is 48.8 Å². The van der Waals surface area contributed by atoms with E-state index in [1.807, 2.05) is 26.0 Å². The van der Waals surface area contributed by atoms with Gasteiger partial charge in [0.05, 0.1) is 41.8 Å². The molecule has 0 unspecified atom stereocenters. The first kappa shape index (κ1) is 29.7. The molecule has 13 heteroatoms. The molecule has 1 aliphatic rings. The minimum absolute atomic E-state index is 0.104. The van der Waals surface area contributed by atoms with Crippen molar-refractivity contribution in [3.63, 3.8) is 0 Å². The van der Waals surface area contributed by atoms with Crippen LogP contribution in [0.4, 0.5) is 22.0 Å². The highest BCUT2D eigenvalue weighted by Gasteiger charge is 2.43. The van der Waals surface area contributed by atoms with Gasteiger partial charge in [0.25, 0.3) is 5.91 Å². The van der Waals surface area contributed by atoms with Crippen molar-refractivity contribution in [2.45, 2.75) is 57.9 Å². The van der Waals surface area contributed by atoms with Crippen LogP contribution in [0.25, 0.3) is 33.1 Å². The van der Waals surface area contributed by atoms with E-state index in [1.165, 1.54) is 12.3 Å². The van der Waals surface area contributed by atoms with Crippen LogP contribution in [0.3, 0.4) is 0 Å². The first-order chi connectivity index (χ1) is 20.9. The lowest BCUT2D eigenvalue weighted by Gasteiger charge is -2.32. The van der Waals surface area contributed by atoms with Crippen LogP contribution in [0.2, 0.25) is 0 Å². The number of halogens is 5. The molecule has 3 N–H and O–H groups in total. The molecule has 0 aliphatic carbocycles. The van der Waals surface area contributed by atoms with Crippen LogP contribution in [-0.4, -0.2) is 49.2 Å². The molecule has 44 heavy (non-hydrogen) atoms. The number of alkyl halides is 3. The maximum absolute atomic E-state index is 13.8. The zero-order chi connectivity index (χ0) is 31.3. The monoisotopic (exact) mass is 611 g/mol. The predicted molar refractivity (Wildman–Crippen MR) is 155 cm³/mol. The van der Waals surface area contributed by atoms with E-state index >= 15 is 0 Å². The number of fused-ring (bicyclic) bond motifs is 2. The third kappa shape index (κ3) is 5.51. The molecular formula is C31H30F5N7O. The van der Waals surface area contributed by atoms with Crippen LogP contribution in [0.1, 0.15) is 54.3 Å². The number of nitrogens with zero attached hydrogens (tertiary/aromatic N) is 5. The number of piperidine rings is 1. The highest BCUT2D eigenvalue weighted by Crippen LogP contribution is 2.38. The number of nitrogens with one attached hydrogen (secondary N) is 1. The van der Waals surface area contributed by atoms with Crippen molar-refractivity contribution in [3.8, 4) is 11.1 Å². The third-order valence-corrected chi connectivity index (χ3v) is 8.03. The number of rotatable bonds is 7. The molecule has 2 aromatic carbocycles. The van der Waals surface area contributed by atoms with Gasteiger partial charge < -0.3 is 11.1 Å². The summed E-state index contributed by atoms with van der Waals surface area (Å²) in [5.74, 6) is -2.45. The topological polar surface area (TPSA) is 104 Å². The molecule has 6 rings (SSSR count). The Morgan fingerprint density at radius 2 is 1.89 bits per heavy atom. The van der Waals surface area contributed by atoms with E-state index in [0.717, 1.165) is 23.0 Å². The fourth-order valence-corrected chi connectivity index (χ4v) is 6.02. The molecule has 230 valence electrons. The average Bonchev–Trinajstić information content (AvgIpc) is 3.57. The maximum Gasteiger partial charge on any atom is 0.403 e. The van der Waals surface area contributed by atoms with Crippen molar-refractivity contribution < 1.29 is 26.7 Å². The third-order valence-electron chi connectivity index (χ3n) is 8.03. The van der Waals surface area contributed by atoms with Crippen molar-refractivity contribution in [1.29, 1.82) is 0 Å². The first-order valence-electron chi connectivity index (χ1n) is 14.3. The number of aromatic nitrogens is 5. The Bertz CT molecular complexity index is 1880. The van der Waals surface area contributed by atoms with Gasteiger partial charge in [0.15, 0.2) is 17.3 Å². The molecule has 3 aromatic heterocycles. The molecule has 1 saturated heterocycles. The maximum atomic E-state index is 13.8. The smallest absolute Gasteiger partial charge is 0.366 e. The fourth-order valence-electron chi connectivity index (χ4n) is 6.02. The number of pyridine rings is 1. The van der Waals surface area contributed by atoms with Crippen LogP contribution in [-0.2, 0) is 13.0 Å². The Morgan fingerprint density at radius 3 is 2.59 bits per heavy atom. The van der Waals surface area contributed by atoms with Gasteiger partial charge in [0.1, 0.15) is 6.04 Å². The van der Waals surface area contributed by atoms with E-state index in [0.29, 0.717) is 46.3 Å². The number of hydrogen-bond acceptors (Lipinski definition) is 5. The van der Waals surface area contributed by atoms with Gasteiger partial charge in [-0.25, -0.2) is 18.4 Å². The number of nitrogens with two attached hydrogens (primary N) is 1. The molecule has 8 nitrogen and oxygen atoms in total. The Hall–Kier alpha value is -4.39. The van der Waals surface area contributed by atoms with Gasteiger partial charge in [-0.15, -0.1) is 0 Å². The van der Waals surface area contributed by atoms with Gasteiger partial charge in [-0.1, -0.05) is 26.0 Å². The Labute approximate surface area is 249 Å². The summed E-state index contributed by atoms with van der Waals surface area (Å²) in [6, 6.07) is 6.91. The predicted octanol–water partition coefficient (Wildman–Crippen LogP) is 5.93. The number of carbonyl (C=O) groups is 1. The normalized spacial score (nSPS) is 17.6. The van der Waals surface area contributed by atoms with Gasteiger partial charge in [-0.2, -0.15) is 23.4 Å². The summed E-state index contributed by atoms with van der Waals surface area (Å²) in [6.45, 7) is 4.32. The second kappa shape index (κ2) is 11.3. The van der Waals surface area contributed by atoms with Crippen LogP contribution in [0.5, 0.6) is 0 Å². The lowest BCUT2D eigenvalue weighted by atomic mass is 9.92. The Balaban J connectivity index is 1.48. The molecule has 0 bridgehead atoms. The van der Waals surface area contributed by atoms with Gasteiger partial charge in [-0.3, -0.25) is 9.48 Å². The summed E-state index contributed by atoms with van der Waals surface area (Å²) in [6.07, 6.45) is -0.584. The van der Waals surface area contributed by atoms with E-state index in [4.69, 9.17) is 10.7 Å². The van der Waals surface area contributed by atoms with Crippen molar-refractivity contribution in [2.75, 3.05) is 6.54 Å². The van der Waals surface area contributed by atoms with Crippen molar-refractivity contribution in [2.24, 2.45) is 11.7 Å². The zero-order valence-corrected chi connectivity index (χ0v) is 24.0. The minimum Gasteiger partial charge on any atom is -0.366 e. The molecule has 5 aromatic rings. The molecule has 4 heterocycles. The molecular weight excluding hydrogens is 581 g/mol. The van der Waals surface area contributed by atoms with Crippen molar-refractivity contribution in [1.82, 2.24) is 29.9 Å². The van der Waals surface area contributed by atoms with Gasteiger partial charge in [0.2, 0.25) is 0 Å². The SMILES string of the molecule is CC(C)Cc1nc2c(cnn2[C@H]2CCN[C@@H](C(F)(F)F)C2)c(-c2ccc3c(cnn3Cc3ccc(F)c(F)c3)c2)c1C(N)=O. The molecule has 0 radical (unpaired) electrons. The van der Waals surface area contributed by atoms with Gasteiger partial charge >= 0.3 is 6.18 Å². The van der Waals surface area contributed by atoms with E-state index in [9.17, 15) is 26.7 Å². The Morgan fingerprint density at radius 1 is 1.09 bits per heavy atom. The number of amides is 1. The number of primary amides is 1. The zero-order valence-electron chi connectivity index (χ0n) is 24.0. The lowest BCUT2D eigenvalue weighted by molar-refractivity contribution is -0.163. The second-order valence-corrected chi connectivity index (χ2v) is 11.6. The number of carbonyl (C=O) groups excluding carboxylic acids is 1. The summed E-state index contributed by atoms with van der Waals surface area (Å²) in [5, 5.41) is 12.7. The number of hydrogen-bond donors (Lipinski definition) is 2. The molecule has 0 saturated carbocycles.